The normalized spacial score (nSPS) is 14.4. The maximum atomic E-state index is 12.3. The second-order valence-corrected chi connectivity index (χ2v) is 6.87. The van der Waals surface area contributed by atoms with Gasteiger partial charge in [0, 0.05) is 37.6 Å². The summed E-state index contributed by atoms with van der Waals surface area (Å²) in [7, 11) is 2.01. The predicted molar refractivity (Wildman–Crippen MR) is 110 cm³/mol. The number of amides is 3. The van der Waals surface area contributed by atoms with Crippen LogP contribution in [0.5, 0.6) is 0 Å². The van der Waals surface area contributed by atoms with E-state index in [0.29, 0.717) is 31.9 Å². The van der Waals surface area contributed by atoms with Gasteiger partial charge in [0.15, 0.2) is 0 Å². The molecular weight excluding hydrogens is 356 g/mol. The molecule has 0 saturated carbocycles. The summed E-state index contributed by atoms with van der Waals surface area (Å²) >= 11 is 0. The number of hydrogen-bond acceptors (Lipinski definition) is 4. The summed E-state index contributed by atoms with van der Waals surface area (Å²) in [5.74, 6) is 0. The van der Waals surface area contributed by atoms with Crippen LogP contribution in [0.25, 0.3) is 0 Å². The van der Waals surface area contributed by atoms with E-state index < -0.39 is 0 Å². The van der Waals surface area contributed by atoms with Crippen LogP contribution in [0.1, 0.15) is 12.5 Å². The number of carbonyl (C=O) groups is 2. The number of carbonyl (C=O) groups excluding carboxylic acids is 2. The lowest BCUT2D eigenvalue weighted by molar-refractivity contribution is 0.157. The SMILES string of the molecule is C[C@H](CNC(=O)Nc1cccc(CN2CCOC2=O)c1)N(C)c1ccccc1. The van der Waals surface area contributed by atoms with E-state index in [1.807, 2.05) is 61.6 Å². The van der Waals surface area contributed by atoms with Crippen LogP contribution < -0.4 is 15.5 Å². The van der Waals surface area contributed by atoms with Crippen LogP contribution in [0.4, 0.5) is 21.0 Å². The number of hydrogen-bond donors (Lipinski definition) is 2. The number of cyclic esters (lactones) is 1. The Morgan fingerprint density at radius 2 is 2.00 bits per heavy atom. The van der Waals surface area contributed by atoms with Crippen molar-refractivity contribution in [3.63, 3.8) is 0 Å². The van der Waals surface area contributed by atoms with Crippen molar-refractivity contribution in [2.75, 3.05) is 37.0 Å². The number of ether oxygens (including phenoxy) is 1. The Balaban J connectivity index is 1.49. The smallest absolute Gasteiger partial charge is 0.410 e. The van der Waals surface area contributed by atoms with Crippen LogP contribution in [-0.2, 0) is 11.3 Å². The van der Waals surface area contributed by atoms with Gasteiger partial charge in [0.25, 0.3) is 0 Å². The lowest BCUT2D eigenvalue weighted by Crippen LogP contribution is -2.41. The number of benzene rings is 2. The molecule has 1 heterocycles. The van der Waals surface area contributed by atoms with Crippen molar-refractivity contribution < 1.29 is 14.3 Å². The van der Waals surface area contributed by atoms with Crippen molar-refractivity contribution in [1.29, 1.82) is 0 Å². The lowest BCUT2D eigenvalue weighted by atomic mass is 10.2. The van der Waals surface area contributed by atoms with E-state index in [1.165, 1.54) is 0 Å². The molecule has 3 rings (SSSR count). The van der Waals surface area contributed by atoms with Gasteiger partial charge in [0.05, 0.1) is 6.54 Å². The fourth-order valence-corrected chi connectivity index (χ4v) is 3.01. The molecule has 3 amide bonds. The Labute approximate surface area is 165 Å². The number of anilines is 2. The van der Waals surface area contributed by atoms with Crippen LogP contribution in [0.2, 0.25) is 0 Å². The Kier molecular flexibility index (Phi) is 6.37. The summed E-state index contributed by atoms with van der Waals surface area (Å²) in [4.78, 5) is 27.6. The van der Waals surface area contributed by atoms with Crippen LogP contribution in [0.3, 0.4) is 0 Å². The van der Waals surface area contributed by atoms with Gasteiger partial charge < -0.3 is 25.2 Å². The van der Waals surface area contributed by atoms with Crippen molar-refractivity contribution in [3.8, 4) is 0 Å². The first kappa shape index (κ1) is 19.5. The molecule has 7 heteroatoms. The molecule has 148 valence electrons. The van der Waals surface area contributed by atoms with Crippen molar-refractivity contribution in [2.45, 2.75) is 19.5 Å². The fourth-order valence-electron chi connectivity index (χ4n) is 3.01. The third-order valence-corrected chi connectivity index (χ3v) is 4.79. The Hall–Kier alpha value is -3.22. The molecule has 7 nitrogen and oxygen atoms in total. The first-order valence-electron chi connectivity index (χ1n) is 9.36. The van der Waals surface area contributed by atoms with E-state index in [2.05, 4.69) is 22.5 Å². The standard InChI is InChI=1S/C21H26N4O3/c1-16(24(2)19-9-4-3-5-10-19)14-22-20(26)23-18-8-6-7-17(13-18)15-25-11-12-28-21(25)27/h3-10,13,16H,11-12,14-15H2,1-2H3,(H2,22,23,26)/t16-/m1/s1. The molecule has 0 aromatic heterocycles. The van der Waals surface area contributed by atoms with Gasteiger partial charge in [0.2, 0.25) is 0 Å². The van der Waals surface area contributed by atoms with Gasteiger partial charge in [-0.25, -0.2) is 9.59 Å². The van der Waals surface area contributed by atoms with Gasteiger partial charge in [-0.2, -0.15) is 0 Å². The zero-order valence-corrected chi connectivity index (χ0v) is 16.2. The highest BCUT2D eigenvalue weighted by Gasteiger charge is 2.21. The Morgan fingerprint density at radius 3 is 2.71 bits per heavy atom. The average Bonchev–Trinajstić information content (AvgIpc) is 3.11. The minimum atomic E-state index is -0.298. The first-order valence-corrected chi connectivity index (χ1v) is 9.36. The molecule has 0 unspecified atom stereocenters. The molecule has 1 aliphatic rings. The Morgan fingerprint density at radius 1 is 1.21 bits per heavy atom. The molecule has 1 fully saturated rings. The van der Waals surface area contributed by atoms with Crippen LogP contribution >= 0.6 is 0 Å². The molecule has 2 N–H and O–H groups in total. The summed E-state index contributed by atoms with van der Waals surface area (Å²) in [6.45, 7) is 4.05. The average molecular weight is 382 g/mol. The number of para-hydroxylation sites is 1. The van der Waals surface area contributed by atoms with Crippen molar-refractivity contribution in [2.24, 2.45) is 0 Å². The fraction of sp³-hybridized carbons (Fsp3) is 0.333. The summed E-state index contributed by atoms with van der Waals surface area (Å²) < 4.78 is 4.94. The van der Waals surface area contributed by atoms with E-state index in [9.17, 15) is 9.59 Å². The van der Waals surface area contributed by atoms with Gasteiger partial charge in [0.1, 0.15) is 6.61 Å². The summed E-state index contributed by atoms with van der Waals surface area (Å²) in [5.41, 5.74) is 2.73. The second-order valence-electron chi connectivity index (χ2n) is 6.87. The molecule has 2 aromatic carbocycles. The highest BCUT2D eigenvalue weighted by atomic mass is 16.6. The van der Waals surface area contributed by atoms with Crippen molar-refractivity contribution in [3.05, 3.63) is 60.2 Å². The van der Waals surface area contributed by atoms with Crippen LogP contribution in [-0.4, -0.2) is 49.8 Å². The minimum Gasteiger partial charge on any atom is -0.448 e. The highest BCUT2D eigenvalue weighted by molar-refractivity contribution is 5.89. The van der Waals surface area contributed by atoms with Crippen LogP contribution in [0.15, 0.2) is 54.6 Å². The third-order valence-electron chi connectivity index (χ3n) is 4.79. The zero-order chi connectivity index (χ0) is 19.9. The van der Waals surface area contributed by atoms with E-state index in [4.69, 9.17) is 4.74 Å². The van der Waals surface area contributed by atoms with Gasteiger partial charge in [-0.15, -0.1) is 0 Å². The molecule has 1 atom stereocenters. The Bertz CT molecular complexity index is 812. The number of urea groups is 1. The van der Waals surface area contributed by atoms with E-state index in [1.54, 1.807) is 4.90 Å². The largest absolute Gasteiger partial charge is 0.448 e. The quantitative estimate of drug-likeness (QED) is 0.771. The van der Waals surface area contributed by atoms with Crippen molar-refractivity contribution >= 4 is 23.5 Å². The van der Waals surface area contributed by atoms with Gasteiger partial charge in [-0.1, -0.05) is 30.3 Å². The molecule has 0 aliphatic carbocycles. The summed E-state index contributed by atoms with van der Waals surface area (Å²) in [6.07, 6.45) is -0.298. The number of likely N-dealkylation sites (N-methyl/N-ethyl adjacent to an activating group) is 1. The van der Waals surface area contributed by atoms with E-state index in [0.717, 1.165) is 11.3 Å². The predicted octanol–water partition coefficient (Wildman–Crippen LogP) is 3.29. The van der Waals surface area contributed by atoms with Gasteiger partial charge in [-0.3, -0.25) is 0 Å². The van der Waals surface area contributed by atoms with Gasteiger partial charge in [-0.05, 0) is 36.8 Å². The second kappa shape index (κ2) is 9.12. The third kappa shape index (κ3) is 5.16. The van der Waals surface area contributed by atoms with E-state index >= 15 is 0 Å². The highest BCUT2D eigenvalue weighted by Crippen LogP contribution is 2.16. The number of rotatable bonds is 7. The van der Waals surface area contributed by atoms with Crippen LogP contribution in [0, 0.1) is 0 Å². The maximum Gasteiger partial charge on any atom is 0.410 e. The summed E-state index contributed by atoms with van der Waals surface area (Å²) in [6, 6.07) is 17.4. The monoisotopic (exact) mass is 382 g/mol. The molecular formula is C21H26N4O3. The van der Waals surface area contributed by atoms with E-state index in [-0.39, 0.29) is 18.2 Å². The minimum absolute atomic E-state index is 0.140. The zero-order valence-electron chi connectivity index (χ0n) is 16.2. The van der Waals surface area contributed by atoms with Gasteiger partial charge >= 0.3 is 12.1 Å². The number of nitrogens with zero attached hydrogens (tertiary/aromatic N) is 2. The maximum absolute atomic E-state index is 12.3. The molecule has 0 bridgehead atoms. The molecule has 1 aliphatic heterocycles. The molecule has 0 spiro atoms. The molecule has 1 saturated heterocycles. The molecule has 0 radical (unpaired) electrons. The topological polar surface area (TPSA) is 73.9 Å². The van der Waals surface area contributed by atoms with Crippen molar-refractivity contribution in [1.82, 2.24) is 10.2 Å². The number of nitrogens with one attached hydrogen (secondary N) is 2. The molecule has 28 heavy (non-hydrogen) atoms. The lowest BCUT2D eigenvalue weighted by Gasteiger charge is -2.27. The molecule has 2 aromatic rings. The first-order chi connectivity index (χ1) is 13.5. The summed E-state index contributed by atoms with van der Waals surface area (Å²) in [5, 5.41) is 5.75.